The van der Waals surface area contributed by atoms with E-state index in [-0.39, 0.29) is 28.3 Å². The topological polar surface area (TPSA) is 108 Å². The summed E-state index contributed by atoms with van der Waals surface area (Å²) < 4.78 is 0. The van der Waals surface area contributed by atoms with Gasteiger partial charge in [-0.3, -0.25) is 9.59 Å². The molecule has 1 saturated heterocycles. The Hall–Kier alpha value is -2.19. The second-order valence-electron chi connectivity index (χ2n) is 5.30. The van der Waals surface area contributed by atoms with Crippen LogP contribution in [0.15, 0.2) is 41.1 Å². The zero-order valence-electron chi connectivity index (χ0n) is 12.3. The molecule has 3 unspecified atom stereocenters. The van der Waals surface area contributed by atoms with Crippen molar-refractivity contribution in [3.05, 3.63) is 46.6 Å². The third kappa shape index (κ3) is 3.20. The number of halogens is 1. The molecule has 126 valence electrons. The maximum absolute atomic E-state index is 12.4. The number of carboxylic acid groups (broad SMARTS) is 1. The Morgan fingerprint density at radius 3 is 2.50 bits per heavy atom. The number of carbonyl (C=O) groups is 3. The van der Waals surface area contributed by atoms with Gasteiger partial charge in [-0.05, 0) is 5.56 Å². The molecule has 3 atom stereocenters. The van der Waals surface area contributed by atoms with E-state index in [1.807, 2.05) is 6.07 Å². The quantitative estimate of drug-likeness (QED) is 0.621. The number of carbonyl (C=O) groups excluding carboxylic acids is 2. The third-order valence-corrected chi connectivity index (χ3v) is 5.41. The Labute approximate surface area is 146 Å². The van der Waals surface area contributed by atoms with Crippen LogP contribution in [0.5, 0.6) is 0 Å². The number of nitrogens with one attached hydrogen (secondary N) is 3. The van der Waals surface area contributed by atoms with E-state index in [4.69, 9.17) is 16.7 Å². The first-order chi connectivity index (χ1) is 11.5. The van der Waals surface area contributed by atoms with Gasteiger partial charge in [-0.1, -0.05) is 41.9 Å². The summed E-state index contributed by atoms with van der Waals surface area (Å²) in [6.45, 7) is 0. The molecule has 3 rings (SSSR count). The summed E-state index contributed by atoms with van der Waals surface area (Å²) in [6.07, 6.45) is 0. The van der Waals surface area contributed by atoms with Crippen LogP contribution in [-0.4, -0.2) is 40.1 Å². The largest absolute Gasteiger partial charge is 0.477 e. The molecule has 0 bridgehead atoms. The van der Waals surface area contributed by atoms with E-state index in [1.54, 1.807) is 24.3 Å². The van der Waals surface area contributed by atoms with E-state index in [0.29, 0.717) is 5.56 Å². The molecule has 0 radical (unpaired) electrons. The van der Waals surface area contributed by atoms with Crippen LogP contribution in [-0.2, 0) is 14.4 Å². The van der Waals surface area contributed by atoms with E-state index < -0.39 is 23.4 Å². The van der Waals surface area contributed by atoms with Crippen LogP contribution < -0.4 is 16.0 Å². The first-order valence-corrected chi connectivity index (χ1v) is 8.56. The Bertz CT molecular complexity index is 725. The summed E-state index contributed by atoms with van der Waals surface area (Å²) in [5, 5.41) is 16.8. The summed E-state index contributed by atoms with van der Waals surface area (Å²) in [4.78, 5) is 35.9. The van der Waals surface area contributed by atoms with Crippen molar-refractivity contribution in [2.75, 3.05) is 5.75 Å². The molecule has 1 fully saturated rings. The van der Waals surface area contributed by atoms with Gasteiger partial charge in [0.15, 0.2) is 0 Å². The summed E-state index contributed by atoms with van der Waals surface area (Å²) in [7, 11) is 0. The Kier molecular flexibility index (Phi) is 4.68. The number of amides is 2. The molecule has 7 nitrogen and oxygen atoms in total. The molecule has 2 aliphatic heterocycles. The fraction of sp³-hybridized carbons (Fsp3) is 0.267. The van der Waals surface area contributed by atoms with Crippen molar-refractivity contribution in [1.29, 1.82) is 0 Å². The zero-order chi connectivity index (χ0) is 17.3. The predicted molar refractivity (Wildman–Crippen MR) is 89.2 cm³/mol. The maximum atomic E-state index is 12.4. The normalized spacial score (nSPS) is 27.1. The van der Waals surface area contributed by atoms with E-state index in [9.17, 15) is 14.4 Å². The lowest BCUT2D eigenvalue weighted by Crippen LogP contribution is -2.64. The van der Waals surface area contributed by atoms with Gasteiger partial charge in [0.2, 0.25) is 11.8 Å². The summed E-state index contributed by atoms with van der Waals surface area (Å²) in [6, 6.07) is 7.24. The molecule has 0 aromatic heterocycles. The molecule has 0 aliphatic carbocycles. The number of thioether (sulfide) groups is 1. The molecule has 2 heterocycles. The van der Waals surface area contributed by atoms with Crippen molar-refractivity contribution in [2.24, 2.45) is 0 Å². The molecule has 0 saturated carbocycles. The Morgan fingerprint density at radius 2 is 1.83 bits per heavy atom. The van der Waals surface area contributed by atoms with Crippen LogP contribution in [0.4, 0.5) is 0 Å². The average Bonchev–Trinajstić information content (AvgIpc) is 2.57. The van der Waals surface area contributed by atoms with Crippen LogP contribution in [0.2, 0.25) is 0 Å². The molecule has 0 spiro atoms. The van der Waals surface area contributed by atoms with Crippen LogP contribution in [0, 0.1) is 0 Å². The number of hydrogen-bond donors (Lipinski definition) is 4. The zero-order valence-corrected chi connectivity index (χ0v) is 13.9. The fourth-order valence-electron chi connectivity index (χ4n) is 2.55. The minimum atomic E-state index is -1.20. The number of piperazine rings is 1. The van der Waals surface area contributed by atoms with Crippen molar-refractivity contribution >= 4 is 41.1 Å². The van der Waals surface area contributed by atoms with Gasteiger partial charge in [-0.25, -0.2) is 4.79 Å². The van der Waals surface area contributed by atoms with Crippen molar-refractivity contribution < 1.29 is 19.5 Å². The third-order valence-electron chi connectivity index (χ3n) is 3.73. The Morgan fingerprint density at radius 1 is 1.12 bits per heavy atom. The highest BCUT2D eigenvalue weighted by atomic mass is 35.5. The van der Waals surface area contributed by atoms with Gasteiger partial charge in [-0.15, -0.1) is 11.8 Å². The molecule has 9 heteroatoms. The van der Waals surface area contributed by atoms with Crippen LogP contribution >= 0.6 is 23.4 Å². The lowest BCUT2D eigenvalue weighted by Gasteiger charge is -2.36. The predicted octanol–water partition coefficient (Wildman–Crippen LogP) is 0.540. The lowest BCUT2D eigenvalue weighted by molar-refractivity contribution is -0.137. The monoisotopic (exact) mass is 367 g/mol. The number of hydrogen-bond acceptors (Lipinski definition) is 5. The molecule has 24 heavy (non-hydrogen) atoms. The summed E-state index contributed by atoms with van der Waals surface area (Å²) in [5.74, 6) is -1.67. The van der Waals surface area contributed by atoms with Gasteiger partial charge in [0, 0.05) is 5.75 Å². The van der Waals surface area contributed by atoms with E-state index in [1.165, 1.54) is 11.8 Å². The van der Waals surface area contributed by atoms with E-state index >= 15 is 0 Å². The highest BCUT2D eigenvalue weighted by molar-refractivity contribution is 8.00. The minimum absolute atomic E-state index is 0.146. The lowest BCUT2D eigenvalue weighted by atomic mass is 10.0. The summed E-state index contributed by atoms with van der Waals surface area (Å²) in [5.41, 5.74) is 0.535. The Balaban J connectivity index is 1.75. The van der Waals surface area contributed by atoms with Crippen LogP contribution in [0.25, 0.3) is 0 Å². The molecule has 1 aromatic rings. The van der Waals surface area contributed by atoms with Crippen molar-refractivity contribution in [1.82, 2.24) is 16.0 Å². The SMILES string of the molecule is O=C(O)C1=C(Cl)CSC(C2NC(=O)C(c3ccccc3)NC2=O)N1. The number of benzene rings is 1. The number of carboxylic acids is 1. The van der Waals surface area contributed by atoms with Crippen LogP contribution in [0.1, 0.15) is 11.6 Å². The van der Waals surface area contributed by atoms with E-state index in [0.717, 1.165) is 0 Å². The highest BCUT2D eigenvalue weighted by Gasteiger charge is 2.41. The van der Waals surface area contributed by atoms with Crippen molar-refractivity contribution in [3.63, 3.8) is 0 Å². The number of aliphatic carboxylic acids is 1. The van der Waals surface area contributed by atoms with Gasteiger partial charge in [-0.2, -0.15) is 0 Å². The van der Waals surface area contributed by atoms with Gasteiger partial charge in [0.25, 0.3) is 0 Å². The van der Waals surface area contributed by atoms with Gasteiger partial charge in [0.05, 0.1) is 5.03 Å². The second-order valence-corrected chi connectivity index (χ2v) is 6.89. The fourth-order valence-corrected chi connectivity index (χ4v) is 3.93. The van der Waals surface area contributed by atoms with Crippen molar-refractivity contribution in [3.8, 4) is 0 Å². The molecular weight excluding hydrogens is 354 g/mol. The van der Waals surface area contributed by atoms with Crippen molar-refractivity contribution in [2.45, 2.75) is 17.5 Å². The first-order valence-electron chi connectivity index (χ1n) is 7.13. The standard InChI is InChI=1S/C15H14ClN3O4S/c16-8-6-24-14(19-10(8)15(22)23)11-13(21)17-9(12(20)18-11)7-4-2-1-3-5-7/h1-5,9,11,14,19H,6H2,(H,17,21)(H,18,20)(H,22,23). The van der Waals surface area contributed by atoms with Gasteiger partial charge < -0.3 is 21.1 Å². The minimum Gasteiger partial charge on any atom is -0.477 e. The van der Waals surface area contributed by atoms with Gasteiger partial charge in [0.1, 0.15) is 23.2 Å². The molecule has 2 aliphatic rings. The first kappa shape index (κ1) is 16.7. The van der Waals surface area contributed by atoms with Gasteiger partial charge >= 0.3 is 5.97 Å². The molecule has 2 amide bonds. The molecule has 4 N–H and O–H groups in total. The summed E-state index contributed by atoms with van der Waals surface area (Å²) >= 11 is 7.14. The number of rotatable bonds is 3. The highest BCUT2D eigenvalue weighted by Crippen LogP contribution is 2.28. The average molecular weight is 368 g/mol. The smallest absolute Gasteiger partial charge is 0.353 e. The second kappa shape index (κ2) is 6.74. The molecule has 1 aromatic carbocycles. The maximum Gasteiger partial charge on any atom is 0.353 e. The van der Waals surface area contributed by atoms with Crippen LogP contribution in [0.3, 0.4) is 0 Å². The van der Waals surface area contributed by atoms with E-state index in [2.05, 4.69) is 16.0 Å². The molecular formula is C15H14ClN3O4S.